The minimum absolute atomic E-state index is 0.0193. The van der Waals surface area contributed by atoms with Crippen molar-refractivity contribution in [2.45, 2.75) is 32.9 Å². The zero-order valence-corrected chi connectivity index (χ0v) is 15.2. The zero-order valence-electron chi connectivity index (χ0n) is 15.2. The molecule has 0 bridgehead atoms. The van der Waals surface area contributed by atoms with Crippen molar-refractivity contribution in [2.24, 2.45) is 0 Å². The van der Waals surface area contributed by atoms with Gasteiger partial charge in [-0.05, 0) is 26.3 Å². The molecule has 0 aromatic heterocycles. The molecular formula is C17H19N3O7. The number of rotatable bonds is 4. The molecule has 144 valence electrons. The van der Waals surface area contributed by atoms with E-state index < -0.39 is 35.2 Å². The SMILES string of the molecule is COC(=O)N1C(=O)NC(C)=C(C(=O)OC(C)C)C1c1cccc([N+](=O)[O-])c1. The summed E-state index contributed by atoms with van der Waals surface area (Å²) in [4.78, 5) is 48.4. The molecule has 1 atom stereocenters. The molecule has 27 heavy (non-hydrogen) atoms. The Kier molecular flexibility index (Phi) is 5.78. The van der Waals surface area contributed by atoms with Gasteiger partial charge in [0.25, 0.3) is 5.69 Å². The minimum atomic E-state index is -1.24. The van der Waals surface area contributed by atoms with Gasteiger partial charge in [0.1, 0.15) is 6.04 Å². The van der Waals surface area contributed by atoms with E-state index in [9.17, 15) is 24.5 Å². The quantitative estimate of drug-likeness (QED) is 0.485. The van der Waals surface area contributed by atoms with E-state index in [1.807, 2.05) is 0 Å². The van der Waals surface area contributed by atoms with E-state index in [1.165, 1.54) is 31.2 Å². The number of benzene rings is 1. The number of urea groups is 1. The van der Waals surface area contributed by atoms with Crippen LogP contribution in [0.1, 0.15) is 32.4 Å². The minimum Gasteiger partial charge on any atom is -0.459 e. The lowest BCUT2D eigenvalue weighted by Crippen LogP contribution is -2.51. The number of hydrogen-bond acceptors (Lipinski definition) is 7. The van der Waals surface area contributed by atoms with Gasteiger partial charge in [0, 0.05) is 17.8 Å². The van der Waals surface area contributed by atoms with Crippen molar-refractivity contribution < 1.29 is 28.8 Å². The van der Waals surface area contributed by atoms with E-state index in [4.69, 9.17) is 4.74 Å². The number of methoxy groups -OCH3 is 1. The van der Waals surface area contributed by atoms with Crippen LogP contribution in [0.4, 0.5) is 15.3 Å². The number of non-ortho nitro benzene ring substituents is 1. The van der Waals surface area contributed by atoms with Gasteiger partial charge in [0.2, 0.25) is 0 Å². The first-order valence-electron chi connectivity index (χ1n) is 8.01. The normalized spacial score (nSPS) is 16.9. The fourth-order valence-electron chi connectivity index (χ4n) is 2.69. The summed E-state index contributed by atoms with van der Waals surface area (Å²) < 4.78 is 9.88. The first-order valence-corrected chi connectivity index (χ1v) is 8.01. The Bertz CT molecular complexity index is 832. The van der Waals surface area contributed by atoms with Gasteiger partial charge in [0.05, 0.1) is 23.7 Å². The molecule has 1 aromatic rings. The third-order valence-corrected chi connectivity index (χ3v) is 3.78. The van der Waals surface area contributed by atoms with E-state index in [0.29, 0.717) is 4.90 Å². The van der Waals surface area contributed by atoms with Gasteiger partial charge in [-0.1, -0.05) is 12.1 Å². The van der Waals surface area contributed by atoms with Gasteiger partial charge in [-0.3, -0.25) is 10.1 Å². The van der Waals surface area contributed by atoms with E-state index in [-0.39, 0.29) is 22.5 Å². The van der Waals surface area contributed by atoms with Crippen LogP contribution in [-0.2, 0) is 14.3 Å². The topological polar surface area (TPSA) is 128 Å². The summed E-state index contributed by atoms with van der Waals surface area (Å²) in [5.74, 6) is -0.757. The highest BCUT2D eigenvalue weighted by Gasteiger charge is 2.43. The van der Waals surface area contributed by atoms with Crippen molar-refractivity contribution in [3.63, 3.8) is 0 Å². The number of carbonyl (C=O) groups excluding carboxylic acids is 3. The van der Waals surface area contributed by atoms with Gasteiger partial charge in [-0.2, -0.15) is 0 Å². The molecule has 1 heterocycles. The van der Waals surface area contributed by atoms with Crippen LogP contribution in [0.15, 0.2) is 35.5 Å². The molecule has 1 aromatic carbocycles. The Balaban J connectivity index is 2.67. The Morgan fingerprint density at radius 2 is 2.00 bits per heavy atom. The molecule has 0 saturated carbocycles. The van der Waals surface area contributed by atoms with Crippen LogP contribution >= 0.6 is 0 Å². The molecular weight excluding hydrogens is 358 g/mol. The van der Waals surface area contributed by atoms with Gasteiger partial charge >= 0.3 is 18.1 Å². The molecule has 1 aliphatic rings. The summed E-state index contributed by atoms with van der Waals surface area (Å²) in [6.07, 6.45) is -1.47. The second-order valence-electron chi connectivity index (χ2n) is 6.02. The zero-order chi connectivity index (χ0) is 20.3. The Hall–Kier alpha value is -3.43. The summed E-state index contributed by atoms with van der Waals surface area (Å²) in [6, 6.07) is 3.26. The number of carbonyl (C=O) groups is 3. The number of hydrogen-bond donors (Lipinski definition) is 1. The molecule has 10 nitrogen and oxygen atoms in total. The summed E-state index contributed by atoms with van der Waals surface area (Å²) >= 11 is 0. The van der Waals surface area contributed by atoms with E-state index >= 15 is 0 Å². The van der Waals surface area contributed by atoms with Crippen LogP contribution < -0.4 is 5.32 Å². The highest BCUT2D eigenvalue weighted by Crippen LogP contribution is 2.36. The lowest BCUT2D eigenvalue weighted by atomic mass is 9.93. The number of esters is 1. The highest BCUT2D eigenvalue weighted by atomic mass is 16.6. The van der Waals surface area contributed by atoms with Crippen molar-refractivity contribution in [1.29, 1.82) is 0 Å². The largest absolute Gasteiger partial charge is 0.459 e. The molecule has 10 heteroatoms. The molecule has 2 rings (SSSR count). The first kappa shape index (κ1) is 19.9. The number of nitro benzene ring substituents is 1. The monoisotopic (exact) mass is 377 g/mol. The van der Waals surface area contributed by atoms with E-state index in [2.05, 4.69) is 10.1 Å². The summed E-state index contributed by atoms with van der Waals surface area (Å²) in [6.45, 7) is 4.78. The first-order chi connectivity index (χ1) is 12.7. The summed E-state index contributed by atoms with van der Waals surface area (Å²) in [5.41, 5.74) is 0.105. The summed E-state index contributed by atoms with van der Waals surface area (Å²) in [7, 11) is 1.08. The van der Waals surface area contributed by atoms with Crippen molar-refractivity contribution >= 4 is 23.8 Å². The smallest absolute Gasteiger partial charge is 0.418 e. The van der Waals surface area contributed by atoms with Crippen LogP contribution in [0.5, 0.6) is 0 Å². The summed E-state index contributed by atoms with van der Waals surface area (Å²) in [5, 5.41) is 13.5. The third kappa shape index (κ3) is 4.05. The lowest BCUT2D eigenvalue weighted by Gasteiger charge is -2.35. The van der Waals surface area contributed by atoms with Gasteiger partial charge in [-0.25, -0.2) is 19.3 Å². The Labute approximate surface area is 154 Å². The van der Waals surface area contributed by atoms with Crippen LogP contribution in [0, 0.1) is 10.1 Å². The predicted molar refractivity (Wildman–Crippen MR) is 92.5 cm³/mol. The number of ether oxygens (including phenoxy) is 2. The second-order valence-corrected chi connectivity index (χ2v) is 6.02. The third-order valence-electron chi connectivity index (χ3n) is 3.78. The number of amides is 3. The average Bonchev–Trinajstić information content (AvgIpc) is 2.59. The highest BCUT2D eigenvalue weighted by molar-refractivity contribution is 6.00. The van der Waals surface area contributed by atoms with Crippen molar-refractivity contribution in [3.8, 4) is 0 Å². The van der Waals surface area contributed by atoms with Crippen molar-refractivity contribution in [2.75, 3.05) is 7.11 Å². The van der Waals surface area contributed by atoms with Gasteiger partial charge in [-0.15, -0.1) is 0 Å². The second kappa shape index (κ2) is 7.85. The number of allylic oxidation sites excluding steroid dienone is 1. The fraction of sp³-hybridized carbons (Fsp3) is 0.353. The van der Waals surface area contributed by atoms with Crippen LogP contribution in [0.2, 0.25) is 0 Å². The van der Waals surface area contributed by atoms with E-state index in [1.54, 1.807) is 13.8 Å². The molecule has 1 unspecified atom stereocenters. The lowest BCUT2D eigenvalue weighted by molar-refractivity contribution is -0.384. The maximum absolute atomic E-state index is 12.6. The average molecular weight is 377 g/mol. The van der Waals surface area contributed by atoms with Crippen molar-refractivity contribution in [3.05, 3.63) is 51.2 Å². The van der Waals surface area contributed by atoms with E-state index in [0.717, 1.165) is 7.11 Å². The Morgan fingerprint density at radius 3 is 2.56 bits per heavy atom. The van der Waals surface area contributed by atoms with Crippen molar-refractivity contribution in [1.82, 2.24) is 10.2 Å². The number of nitrogens with zero attached hydrogens (tertiary/aromatic N) is 2. The molecule has 0 spiro atoms. The molecule has 1 N–H and O–H groups in total. The number of nitro groups is 1. The molecule has 0 radical (unpaired) electrons. The molecule has 3 amide bonds. The maximum atomic E-state index is 12.6. The van der Waals surface area contributed by atoms with Gasteiger partial charge in [0.15, 0.2) is 0 Å². The van der Waals surface area contributed by atoms with Crippen LogP contribution in [-0.4, -0.2) is 41.1 Å². The number of nitrogens with one attached hydrogen (secondary N) is 1. The van der Waals surface area contributed by atoms with Crippen LogP contribution in [0.25, 0.3) is 0 Å². The van der Waals surface area contributed by atoms with Crippen LogP contribution in [0.3, 0.4) is 0 Å². The predicted octanol–water partition coefficient (Wildman–Crippen LogP) is 2.65. The molecule has 0 aliphatic carbocycles. The molecule has 1 aliphatic heterocycles. The molecule has 0 saturated heterocycles. The molecule has 0 fully saturated rings. The number of imide groups is 1. The maximum Gasteiger partial charge on any atom is 0.418 e. The van der Waals surface area contributed by atoms with Gasteiger partial charge < -0.3 is 14.8 Å². The Morgan fingerprint density at radius 1 is 1.33 bits per heavy atom. The fourth-order valence-corrected chi connectivity index (χ4v) is 2.69. The standard InChI is InChI=1S/C17H19N3O7/c1-9(2)27-15(21)13-10(3)18-16(22)19(17(23)26-4)14(13)11-6-5-7-12(8-11)20(24)25/h5-9,14H,1-4H3,(H,18,22).